The minimum atomic E-state index is -2.84. The molecule has 2 aliphatic rings. The highest BCUT2D eigenvalue weighted by Crippen LogP contribution is 2.15. The van der Waals surface area contributed by atoms with Crippen LogP contribution >= 0.6 is 0 Å². The van der Waals surface area contributed by atoms with E-state index in [4.69, 9.17) is 0 Å². The van der Waals surface area contributed by atoms with Crippen LogP contribution in [0.15, 0.2) is 0 Å². The molecule has 0 amide bonds. The van der Waals surface area contributed by atoms with Crippen molar-refractivity contribution in [2.24, 2.45) is 0 Å². The Hall–Kier alpha value is -0.180. The molecule has 0 aromatic rings. The normalized spacial score (nSPS) is 28.2. The van der Waals surface area contributed by atoms with Gasteiger partial charge in [-0.2, -0.15) is 0 Å². The fourth-order valence-corrected chi connectivity index (χ4v) is 5.41. The number of sulfone groups is 2. The zero-order valence-electron chi connectivity index (χ0n) is 12.4. The first-order valence-electron chi connectivity index (χ1n) is 7.48. The van der Waals surface area contributed by atoms with Crippen LogP contribution in [0.3, 0.4) is 0 Å². The smallest absolute Gasteiger partial charge is 0.152 e. The van der Waals surface area contributed by atoms with Crippen LogP contribution in [-0.2, 0) is 19.7 Å². The van der Waals surface area contributed by atoms with Crippen LogP contribution in [0.4, 0.5) is 0 Å². The van der Waals surface area contributed by atoms with E-state index in [1.807, 2.05) is 0 Å². The molecule has 0 aliphatic carbocycles. The van der Waals surface area contributed by atoms with Gasteiger partial charge in [-0.1, -0.05) is 6.92 Å². The standard InChI is InChI=1S/C13H25N2O4S2/c1-2-13(15-7-11-21(18,19)12-8-15)3-4-14-5-9-20(16,17)10-6-14/h13H,1-12H2. The Bertz CT molecular complexity index is 517. The fraction of sp³-hybridized carbons (Fsp3) is 0.923. The van der Waals surface area contributed by atoms with Crippen molar-refractivity contribution in [3.05, 3.63) is 6.92 Å². The molecule has 2 heterocycles. The maximum atomic E-state index is 11.5. The minimum absolute atomic E-state index is 0.242. The molecule has 0 bridgehead atoms. The van der Waals surface area contributed by atoms with E-state index >= 15 is 0 Å². The predicted molar refractivity (Wildman–Crippen MR) is 83.7 cm³/mol. The van der Waals surface area contributed by atoms with Gasteiger partial charge in [0, 0.05) is 32.2 Å². The molecule has 2 fully saturated rings. The number of nitrogens with zero attached hydrogens (tertiary/aromatic N) is 2. The lowest BCUT2D eigenvalue weighted by molar-refractivity contribution is 0.177. The molecule has 2 rings (SSSR count). The summed E-state index contributed by atoms with van der Waals surface area (Å²) in [5.74, 6) is 0.991. The zero-order chi connectivity index (χ0) is 15.5. The first-order valence-corrected chi connectivity index (χ1v) is 11.1. The Morgan fingerprint density at radius 1 is 0.857 bits per heavy atom. The molecule has 1 atom stereocenters. The highest BCUT2D eigenvalue weighted by atomic mass is 32.2. The van der Waals surface area contributed by atoms with E-state index in [0.717, 1.165) is 19.4 Å². The summed E-state index contributed by atoms with van der Waals surface area (Å²) in [5, 5.41) is 0. The molecular weight excluding hydrogens is 312 g/mol. The molecule has 123 valence electrons. The molecule has 0 aromatic heterocycles. The van der Waals surface area contributed by atoms with Crippen LogP contribution in [0, 0.1) is 6.92 Å². The lowest BCUT2D eigenvalue weighted by Gasteiger charge is -2.35. The van der Waals surface area contributed by atoms with E-state index in [1.165, 1.54) is 0 Å². The number of hydrogen-bond acceptors (Lipinski definition) is 6. The van der Waals surface area contributed by atoms with Crippen molar-refractivity contribution in [2.45, 2.75) is 18.9 Å². The minimum Gasteiger partial charge on any atom is -0.301 e. The molecular formula is C13H25N2O4S2. The summed E-state index contributed by atoms with van der Waals surface area (Å²) in [7, 11) is -5.67. The maximum Gasteiger partial charge on any atom is 0.152 e. The topological polar surface area (TPSA) is 74.8 Å². The van der Waals surface area contributed by atoms with Crippen molar-refractivity contribution in [2.75, 3.05) is 55.7 Å². The molecule has 0 aromatic carbocycles. The third-order valence-electron chi connectivity index (χ3n) is 4.44. The first-order chi connectivity index (χ1) is 9.81. The zero-order valence-corrected chi connectivity index (χ0v) is 14.0. The fourth-order valence-electron chi connectivity index (χ4n) is 2.91. The summed E-state index contributed by atoms with van der Waals surface area (Å²) in [4.78, 5) is 4.40. The Balaban J connectivity index is 1.78. The molecule has 0 N–H and O–H groups in total. The Kier molecular flexibility index (Phi) is 5.67. The Labute approximate surface area is 128 Å². The van der Waals surface area contributed by atoms with Crippen LogP contribution in [0.5, 0.6) is 0 Å². The summed E-state index contributed by atoms with van der Waals surface area (Å²) in [6.07, 6.45) is 1.68. The second kappa shape index (κ2) is 6.93. The van der Waals surface area contributed by atoms with Crippen LogP contribution in [0.2, 0.25) is 0 Å². The van der Waals surface area contributed by atoms with Gasteiger partial charge >= 0.3 is 0 Å². The second-order valence-electron chi connectivity index (χ2n) is 5.91. The second-order valence-corrected chi connectivity index (χ2v) is 10.5. The molecule has 2 saturated heterocycles. The van der Waals surface area contributed by atoms with Gasteiger partial charge in [-0.05, 0) is 19.4 Å². The van der Waals surface area contributed by atoms with Crippen molar-refractivity contribution >= 4 is 19.7 Å². The lowest BCUT2D eigenvalue weighted by Crippen LogP contribution is -2.48. The molecule has 6 nitrogen and oxygen atoms in total. The van der Waals surface area contributed by atoms with Gasteiger partial charge in [0.1, 0.15) is 0 Å². The lowest BCUT2D eigenvalue weighted by atomic mass is 10.1. The van der Waals surface area contributed by atoms with E-state index in [9.17, 15) is 16.8 Å². The molecule has 2 aliphatic heterocycles. The van der Waals surface area contributed by atoms with Crippen molar-refractivity contribution in [1.29, 1.82) is 0 Å². The van der Waals surface area contributed by atoms with Gasteiger partial charge in [0.25, 0.3) is 0 Å². The first kappa shape index (κ1) is 17.2. The molecule has 8 heteroatoms. The average molecular weight is 337 g/mol. The maximum absolute atomic E-state index is 11.5. The molecule has 0 saturated carbocycles. The van der Waals surface area contributed by atoms with E-state index in [2.05, 4.69) is 16.7 Å². The van der Waals surface area contributed by atoms with Gasteiger partial charge in [-0.3, -0.25) is 4.90 Å². The van der Waals surface area contributed by atoms with Crippen molar-refractivity contribution < 1.29 is 16.8 Å². The highest BCUT2D eigenvalue weighted by molar-refractivity contribution is 7.91. The monoisotopic (exact) mass is 337 g/mol. The Morgan fingerprint density at radius 3 is 1.81 bits per heavy atom. The van der Waals surface area contributed by atoms with E-state index in [0.29, 0.717) is 32.2 Å². The van der Waals surface area contributed by atoms with E-state index in [-0.39, 0.29) is 23.0 Å². The number of rotatable bonds is 5. The van der Waals surface area contributed by atoms with E-state index < -0.39 is 19.7 Å². The summed E-state index contributed by atoms with van der Waals surface area (Å²) < 4.78 is 45.7. The SMILES string of the molecule is [CH2]CC(CCN1CCS(=O)(=O)CC1)N1CCS(=O)(=O)CC1. The Morgan fingerprint density at radius 2 is 1.33 bits per heavy atom. The van der Waals surface area contributed by atoms with E-state index in [1.54, 1.807) is 0 Å². The average Bonchev–Trinajstić information content (AvgIpc) is 2.42. The van der Waals surface area contributed by atoms with Crippen LogP contribution < -0.4 is 0 Å². The third-order valence-corrected chi connectivity index (χ3v) is 7.66. The summed E-state index contributed by atoms with van der Waals surface area (Å²) in [5.41, 5.74) is 0. The van der Waals surface area contributed by atoms with Gasteiger partial charge in [-0.15, -0.1) is 0 Å². The summed E-state index contributed by atoms with van der Waals surface area (Å²) in [6.45, 7) is 7.25. The highest BCUT2D eigenvalue weighted by Gasteiger charge is 2.27. The van der Waals surface area contributed by atoms with Gasteiger partial charge in [-0.25, -0.2) is 16.8 Å². The number of hydrogen-bond donors (Lipinski definition) is 0. The van der Waals surface area contributed by atoms with Crippen LogP contribution in [0.1, 0.15) is 12.8 Å². The quantitative estimate of drug-likeness (QED) is 0.669. The molecule has 1 unspecified atom stereocenters. The molecule has 0 spiro atoms. The summed E-state index contributed by atoms with van der Waals surface area (Å²) >= 11 is 0. The van der Waals surface area contributed by atoms with Crippen molar-refractivity contribution in [3.63, 3.8) is 0 Å². The van der Waals surface area contributed by atoms with Gasteiger partial charge in [0.15, 0.2) is 19.7 Å². The predicted octanol–water partition coefficient (Wildman–Crippen LogP) is -0.570. The van der Waals surface area contributed by atoms with Gasteiger partial charge in [0.05, 0.1) is 23.0 Å². The summed E-state index contributed by atoms with van der Waals surface area (Å²) in [6, 6.07) is 0.291. The van der Waals surface area contributed by atoms with Crippen molar-refractivity contribution in [1.82, 2.24) is 9.80 Å². The van der Waals surface area contributed by atoms with Crippen LogP contribution in [-0.4, -0.2) is 88.4 Å². The van der Waals surface area contributed by atoms with Crippen LogP contribution in [0.25, 0.3) is 0 Å². The van der Waals surface area contributed by atoms with Gasteiger partial charge in [0.2, 0.25) is 0 Å². The third kappa shape index (κ3) is 5.19. The largest absolute Gasteiger partial charge is 0.301 e. The van der Waals surface area contributed by atoms with Crippen molar-refractivity contribution in [3.8, 4) is 0 Å². The van der Waals surface area contributed by atoms with Gasteiger partial charge < -0.3 is 4.90 Å². The molecule has 1 radical (unpaired) electrons. The molecule has 21 heavy (non-hydrogen) atoms.